The van der Waals surface area contributed by atoms with Gasteiger partial charge in [0, 0.05) is 5.02 Å². The molecule has 0 spiro atoms. The number of amides is 1. The topological polar surface area (TPSA) is 119 Å². The van der Waals surface area contributed by atoms with Crippen molar-refractivity contribution in [1.29, 1.82) is 0 Å². The summed E-state index contributed by atoms with van der Waals surface area (Å²) in [5.74, 6) is -0.983. The molecule has 1 amide bonds. The van der Waals surface area contributed by atoms with E-state index in [4.69, 9.17) is 11.6 Å². The number of hydrogen-bond acceptors (Lipinski definition) is 9. The van der Waals surface area contributed by atoms with Gasteiger partial charge in [0.05, 0.1) is 23.4 Å². The molecule has 0 atom stereocenters. The fourth-order valence-electron chi connectivity index (χ4n) is 2.68. The molecule has 1 aromatic heterocycles. The van der Waals surface area contributed by atoms with E-state index in [2.05, 4.69) is 20.3 Å². The Kier molecular flexibility index (Phi) is 8.52. The number of methoxy groups -OCH3 is 1. The van der Waals surface area contributed by atoms with Gasteiger partial charge in [0.15, 0.2) is 4.34 Å². The third-order valence-corrected chi connectivity index (χ3v) is 8.67. The van der Waals surface area contributed by atoms with Crippen LogP contribution >= 0.6 is 34.7 Å². The minimum atomic E-state index is -4.08. The largest absolute Gasteiger partial charge is 0.468 e. The number of halogens is 1. The van der Waals surface area contributed by atoms with Crippen molar-refractivity contribution in [2.24, 2.45) is 0 Å². The second kappa shape index (κ2) is 11.2. The van der Waals surface area contributed by atoms with Crippen LogP contribution in [0.4, 0.5) is 10.8 Å². The summed E-state index contributed by atoms with van der Waals surface area (Å²) in [6, 6.07) is 11.1. The van der Waals surface area contributed by atoms with E-state index in [1.165, 1.54) is 25.3 Å². The van der Waals surface area contributed by atoms with Gasteiger partial charge in [0.2, 0.25) is 11.0 Å². The van der Waals surface area contributed by atoms with Gasteiger partial charge in [-0.1, -0.05) is 58.5 Å². The van der Waals surface area contributed by atoms with E-state index < -0.39 is 28.4 Å². The van der Waals surface area contributed by atoms with Crippen molar-refractivity contribution in [2.75, 3.05) is 29.0 Å². The van der Waals surface area contributed by atoms with Gasteiger partial charge in [-0.15, -0.1) is 10.2 Å². The second-order valence-corrected chi connectivity index (χ2v) is 11.5. The standard InChI is InChI=1S/C21H21ClN4O5S3/c1-13-4-8-16(9-5-13)34(29,30)26(15-7-6-14(2)17(22)10-15)11-18(27)23-20-24-25-21(33-20)32-12-19(28)31-3/h4-10H,11-12H2,1-3H3,(H,23,24,27). The van der Waals surface area contributed by atoms with Crippen LogP contribution in [0.5, 0.6) is 0 Å². The Morgan fingerprint density at radius 2 is 1.85 bits per heavy atom. The van der Waals surface area contributed by atoms with Gasteiger partial charge in [0.1, 0.15) is 6.54 Å². The molecule has 0 bridgehead atoms. The zero-order chi connectivity index (χ0) is 24.9. The number of nitrogens with one attached hydrogen (secondary N) is 1. The Labute approximate surface area is 210 Å². The molecule has 0 radical (unpaired) electrons. The van der Waals surface area contributed by atoms with Crippen LogP contribution in [0.1, 0.15) is 11.1 Å². The number of esters is 1. The highest BCUT2D eigenvalue weighted by molar-refractivity contribution is 8.01. The molecule has 0 aliphatic carbocycles. The smallest absolute Gasteiger partial charge is 0.316 e. The van der Waals surface area contributed by atoms with Crippen molar-refractivity contribution in [3.8, 4) is 0 Å². The molecule has 3 rings (SSSR count). The lowest BCUT2D eigenvalue weighted by Crippen LogP contribution is -2.38. The summed E-state index contributed by atoms with van der Waals surface area (Å²) in [5, 5.41) is 10.9. The predicted molar refractivity (Wildman–Crippen MR) is 133 cm³/mol. The van der Waals surface area contributed by atoms with Gasteiger partial charge in [-0.2, -0.15) is 0 Å². The van der Waals surface area contributed by atoms with Crippen molar-refractivity contribution >= 4 is 67.4 Å². The third kappa shape index (κ3) is 6.47. The maximum Gasteiger partial charge on any atom is 0.316 e. The molecular formula is C21H21ClN4O5S3. The predicted octanol–water partition coefficient (Wildman–Crippen LogP) is 3.91. The summed E-state index contributed by atoms with van der Waals surface area (Å²) in [5.41, 5.74) is 1.92. The summed E-state index contributed by atoms with van der Waals surface area (Å²) in [6.45, 7) is 3.13. The maximum atomic E-state index is 13.4. The Bertz CT molecular complexity index is 1300. The molecule has 9 nitrogen and oxygen atoms in total. The molecule has 1 heterocycles. The molecule has 0 saturated carbocycles. The first-order valence-electron chi connectivity index (χ1n) is 9.78. The number of anilines is 2. The van der Waals surface area contributed by atoms with Crippen molar-refractivity contribution < 1.29 is 22.7 Å². The third-order valence-electron chi connectivity index (χ3n) is 4.53. The molecule has 1 N–H and O–H groups in total. The van der Waals surface area contributed by atoms with E-state index in [-0.39, 0.29) is 21.5 Å². The average Bonchev–Trinajstić information content (AvgIpc) is 3.25. The van der Waals surface area contributed by atoms with E-state index in [0.717, 1.165) is 38.5 Å². The number of aromatic nitrogens is 2. The van der Waals surface area contributed by atoms with Crippen molar-refractivity contribution in [3.63, 3.8) is 0 Å². The Morgan fingerprint density at radius 1 is 1.15 bits per heavy atom. The Morgan fingerprint density at radius 3 is 2.50 bits per heavy atom. The van der Waals surface area contributed by atoms with Gasteiger partial charge in [-0.3, -0.25) is 19.2 Å². The molecule has 0 aliphatic rings. The SMILES string of the molecule is COC(=O)CSc1nnc(NC(=O)CN(c2ccc(C)c(Cl)c2)S(=O)(=O)c2ccc(C)cc2)s1. The molecule has 180 valence electrons. The highest BCUT2D eigenvalue weighted by Gasteiger charge is 2.28. The van der Waals surface area contributed by atoms with E-state index in [0.29, 0.717) is 9.36 Å². The molecule has 34 heavy (non-hydrogen) atoms. The number of thioether (sulfide) groups is 1. The number of benzene rings is 2. The molecule has 0 fully saturated rings. The van der Waals surface area contributed by atoms with Gasteiger partial charge < -0.3 is 4.74 Å². The van der Waals surface area contributed by atoms with E-state index >= 15 is 0 Å². The Hall–Kier alpha value is -2.67. The highest BCUT2D eigenvalue weighted by Crippen LogP contribution is 2.29. The lowest BCUT2D eigenvalue weighted by atomic mass is 10.2. The number of ether oxygens (including phenoxy) is 1. The summed E-state index contributed by atoms with van der Waals surface area (Å²) in [4.78, 5) is 24.1. The molecular weight excluding hydrogens is 520 g/mol. The monoisotopic (exact) mass is 540 g/mol. The van der Waals surface area contributed by atoms with Crippen LogP contribution in [0.15, 0.2) is 51.7 Å². The summed E-state index contributed by atoms with van der Waals surface area (Å²) < 4.78 is 32.9. The first-order chi connectivity index (χ1) is 16.1. The van der Waals surface area contributed by atoms with Gasteiger partial charge in [0.25, 0.3) is 10.0 Å². The molecule has 0 saturated heterocycles. The zero-order valence-corrected chi connectivity index (χ0v) is 21.6. The van der Waals surface area contributed by atoms with Gasteiger partial charge >= 0.3 is 5.97 Å². The normalized spacial score (nSPS) is 11.2. The first-order valence-corrected chi connectivity index (χ1v) is 13.4. The Balaban J connectivity index is 1.83. The molecule has 13 heteroatoms. The highest BCUT2D eigenvalue weighted by atomic mass is 35.5. The average molecular weight is 541 g/mol. The van der Waals surface area contributed by atoms with Crippen LogP contribution in [0.2, 0.25) is 5.02 Å². The van der Waals surface area contributed by atoms with Crippen LogP contribution in [-0.4, -0.2) is 49.9 Å². The van der Waals surface area contributed by atoms with Crippen LogP contribution in [0.3, 0.4) is 0 Å². The lowest BCUT2D eigenvalue weighted by Gasteiger charge is -2.24. The van der Waals surface area contributed by atoms with Crippen LogP contribution in [-0.2, 0) is 24.3 Å². The number of aryl methyl sites for hydroxylation is 2. The number of carbonyl (C=O) groups excluding carboxylic acids is 2. The van der Waals surface area contributed by atoms with Crippen LogP contribution in [0.25, 0.3) is 0 Å². The molecule has 3 aromatic rings. The van der Waals surface area contributed by atoms with Crippen molar-refractivity contribution in [1.82, 2.24) is 10.2 Å². The fraction of sp³-hybridized carbons (Fsp3) is 0.238. The maximum absolute atomic E-state index is 13.4. The summed E-state index contributed by atoms with van der Waals surface area (Å²) in [6.07, 6.45) is 0. The van der Waals surface area contributed by atoms with Crippen molar-refractivity contribution in [3.05, 3.63) is 58.6 Å². The van der Waals surface area contributed by atoms with E-state index in [1.807, 2.05) is 6.92 Å². The molecule has 2 aromatic carbocycles. The van der Waals surface area contributed by atoms with Gasteiger partial charge in [-0.05, 0) is 43.7 Å². The number of carbonyl (C=O) groups is 2. The molecule has 0 aliphatic heterocycles. The number of sulfonamides is 1. The summed E-state index contributed by atoms with van der Waals surface area (Å²) >= 11 is 8.41. The van der Waals surface area contributed by atoms with Crippen LogP contribution < -0.4 is 9.62 Å². The lowest BCUT2D eigenvalue weighted by molar-refractivity contribution is -0.137. The van der Waals surface area contributed by atoms with Crippen LogP contribution in [0, 0.1) is 13.8 Å². The fourth-order valence-corrected chi connectivity index (χ4v) is 5.87. The van der Waals surface area contributed by atoms with Crippen molar-refractivity contribution in [2.45, 2.75) is 23.1 Å². The zero-order valence-electron chi connectivity index (χ0n) is 18.4. The van der Waals surface area contributed by atoms with E-state index in [9.17, 15) is 18.0 Å². The minimum absolute atomic E-state index is 0.0417. The quantitative estimate of drug-likeness (QED) is 0.246. The summed E-state index contributed by atoms with van der Waals surface area (Å²) in [7, 11) is -2.79. The molecule has 0 unspecified atom stereocenters. The van der Waals surface area contributed by atoms with E-state index in [1.54, 1.807) is 31.2 Å². The second-order valence-electron chi connectivity index (χ2n) is 7.04. The minimum Gasteiger partial charge on any atom is -0.468 e. The van der Waals surface area contributed by atoms with Gasteiger partial charge in [-0.25, -0.2) is 8.42 Å². The number of hydrogen-bond donors (Lipinski definition) is 1. The number of nitrogens with zero attached hydrogens (tertiary/aromatic N) is 3. The first kappa shape index (κ1) is 25.9. The number of rotatable bonds is 9.